The first-order valence-corrected chi connectivity index (χ1v) is 7.11. The lowest BCUT2D eigenvalue weighted by Gasteiger charge is -2.20. The van der Waals surface area contributed by atoms with Crippen molar-refractivity contribution in [2.75, 3.05) is 0 Å². The number of rotatable bonds is 3. The second-order valence-corrected chi connectivity index (χ2v) is 5.48. The van der Waals surface area contributed by atoms with Crippen LogP contribution in [-0.4, -0.2) is 11.2 Å². The molecule has 0 radical (unpaired) electrons. The second-order valence-electron chi connectivity index (χ2n) is 5.48. The van der Waals surface area contributed by atoms with Crippen molar-refractivity contribution in [1.82, 2.24) is 5.32 Å². The summed E-state index contributed by atoms with van der Waals surface area (Å²) in [6.07, 6.45) is -4.46. The molecule has 2 aromatic rings. The lowest BCUT2D eigenvalue weighted by Crippen LogP contribution is -2.29. The number of aliphatic hydroxyl groups excluding tert-OH is 1. The Bertz CT molecular complexity index is 669. The molecule has 0 spiro atoms. The molecular formula is C17H16F3NO. The molecule has 0 heterocycles. The van der Waals surface area contributed by atoms with Crippen LogP contribution < -0.4 is 5.32 Å². The predicted molar refractivity (Wildman–Crippen MR) is 77.2 cm³/mol. The van der Waals surface area contributed by atoms with Crippen LogP contribution >= 0.6 is 0 Å². The van der Waals surface area contributed by atoms with Gasteiger partial charge in [-0.1, -0.05) is 42.5 Å². The average molecular weight is 307 g/mol. The van der Waals surface area contributed by atoms with Gasteiger partial charge < -0.3 is 10.4 Å². The van der Waals surface area contributed by atoms with E-state index in [9.17, 15) is 18.3 Å². The highest BCUT2D eigenvalue weighted by molar-refractivity contribution is 5.37. The number of halogens is 3. The van der Waals surface area contributed by atoms with Crippen molar-refractivity contribution < 1.29 is 18.3 Å². The van der Waals surface area contributed by atoms with Crippen molar-refractivity contribution in [2.24, 2.45) is 0 Å². The third kappa shape index (κ3) is 2.87. The number of benzene rings is 2. The Morgan fingerprint density at radius 3 is 2.50 bits per heavy atom. The summed E-state index contributed by atoms with van der Waals surface area (Å²) in [5, 5.41) is 13.2. The molecule has 2 N–H and O–H groups in total. The number of hydrogen-bond acceptors (Lipinski definition) is 2. The molecule has 0 bridgehead atoms. The van der Waals surface area contributed by atoms with Crippen LogP contribution in [0, 0.1) is 0 Å². The monoisotopic (exact) mass is 307 g/mol. The molecule has 0 saturated heterocycles. The van der Waals surface area contributed by atoms with Gasteiger partial charge >= 0.3 is 6.18 Å². The molecule has 2 nitrogen and oxygen atoms in total. The number of fused-ring (bicyclic) bond motifs is 1. The Labute approximate surface area is 126 Å². The molecule has 5 heteroatoms. The Morgan fingerprint density at radius 2 is 1.73 bits per heavy atom. The fourth-order valence-corrected chi connectivity index (χ4v) is 2.99. The topological polar surface area (TPSA) is 32.3 Å². The molecule has 0 saturated carbocycles. The number of nitrogens with one attached hydrogen (secondary N) is 1. The predicted octanol–water partition coefficient (Wildman–Crippen LogP) is 3.45. The van der Waals surface area contributed by atoms with E-state index in [4.69, 9.17) is 0 Å². The first-order valence-electron chi connectivity index (χ1n) is 7.11. The van der Waals surface area contributed by atoms with Crippen LogP contribution in [-0.2, 0) is 19.1 Å². The summed E-state index contributed by atoms with van der Waals surface area (Å²) in [6.45, 7) is 0.0613. The van der Waals surface area contributed by atoms with Crippen molar-refractivity contribution in [3.8, 4) is 0 Å². The summed E-state index contributed by atoms with van der Waals surface area (Å²) in [4.78, 5) is 0. The first kappa shape index (κ1) is 15.1. The van der Waals surface area contributed by atoms with Crippen LogP contribution in [0.5, 0.6) is 0 Å². The molecule has 2 atom stereocenters. The van der Waals surface area contributed by atoms with Gasteiger partial charge in [0.25, 0.3) is 0 Å². The van der Waals surface area contributed by atoms with Crippen molar-refractivity contribution in [2.45, 2.75) is 31.3 Å². The summed E-state index contributed by atoms with van der Waals surface area (Å²) in [5.74, 6) is 0. The Kier molecular flexibility index (Phi) is 3.93. The van der Waals surface area contributed by atoms with Gasteiger partial charge in [-0.3, -0.25) is 0 Å². The zero-order valence-electron chi connectivity index (χ0n) is 11.8. The lowest BCUT2D eigenvalue weighted by atomic mass is 10.0. The molecule has 1 aliphatic carbocycles. The third-order valence-electron chi connectivity index (χ3n) is 4.04. The van der Waals surface area contributed by atoms with Gasteiger partial charge in [0.1, 0.15) is 0 Å². The number of aliphatic hydroxyl groups is 1. The molecule has 0 fully saturated rings. The van der Waals surface area contributed by atoms with Crippen LogP contribution in [0.4, 0.5) is 13.2 Å². The largest absolute Gasteiger partial charge is 0.416 e. The van der Waals surface area contributed by atoms with Crippen molar-refractivity contribution in [1.29, 1.82) is 0 Å². The smallest absolute Gasteiger partial charge is 0.391 e. The molecule has 116 valence electrons. The van der Waals surface area contributed by atoms with E-state index in [0.29, 0.717) is 6.42 Å². The van der Waals surface area contributed by atoms with Crippen LogP contribution in [0.2, 0.25) is 0 Å². The molecular weight excluding hydrogens is 291 g/mol. The van der Waals surface area contributed by atoms with Crippen LogP contribution in [0.15, 0.2) is 48.5 Å². The number of alkyl halides is 3. The van der Waals surface area contributed by atoms with Crippen LogP contribution in [0.3, 0.4) is 0 Å². The van der Waals surface area contributed by atoms with E-state index < -0.39 is 17.8 Å². The van der Waals surface area contributed by atoms with Gasteiger partial charge in [0, 0.05) is 13.0 Å². The minimum absolute atomic E-state index is 0.0613. The third-order valence-corrected chi connectivity index (χ3v) is 4.04. The lowest BCUT2D eigenvalue weighted by molar-refractivity contribution is -0.138. The molecule has 0 aliphatic heterocycles. The zero-order chi connectivity index (χ0) is 15.7. The normalized spacial score (nSPS) is 20.9. The quantitative estimate of drug-likeness (QED) is 0.910. The van der Waals surface area contributed by atoms with Crippen molar-refractivity contribution >= 4 is 0 Å². The summed E-state index contributed by atoms with van der Waals surface area (Å²) >= 11 is 0. The van der Waals surface area contributed by atoms with E-state index in [1.165, 1.54) is 12.1 Å². The SMILES string of the molecule is O[C@H]1Cc2ccccc2[C@H]1NCc1ccccc1C(F)(F)F. The fourth-order valence-electron chi connectivity index (χ4n) is 2.99. The van der Waals surface area contributed by atoms with Crippen molar-refractivity contribution in [3.63, 3.8) is 0 Å². The molecule has 0 aromatic heterocycles. The van der Waals surface area contributed by atoms with E-state index in [1.54, 1.807) is 6.07 Å². The van der Waals surface area contributed by atoms with Crippen LogP contribution in [0.25, 0.3) is 0 Å². The zero-order valence-corrected chi connectivity index (χ0v) is 11.8. The van der Waals surface area contributed by atoms with Gasteiger partial charge in [-0.05, 0) is 22.8 Å². The highest BCUT2D eigenvalue weighted by Crippen LogP contribution is 2.34. The highest BCUT2D eigenvalue weighted by Gasteiger charge is 2.34. The summed E-state index contributed by atoms with van der Waals surface area (Å²) < 4.78 is 39.0. The van der Waals surface area contributed by atoms with E-state index in [1.807, 2.05) is 24.3 Å². The summed E-state index contributed by atoms with van der Waals surface area (Å²) in [5.41, 5.74) is 1.55. The van der Waals surface area contributed by atoms with Gasteiger partial charge in [-0.15, -0.1) is 0 Å². The molecule has 22 heavy (non-hydrogen) atoms. The minimum atomic E-state index is -4.37. The van der Waals surface area contributed by atoms with Gasteiger partial charge in [-0.25, -0.2) is 0 Å². The van der Waals surface area contributed by atoms with Gasteiger partial charge in [0.05, 0.1) is 17.7 Å². The average Bonchev–Trinajstić information content (AvgIpc) is 2.80. The van der Waals surface area contributed by atoms with E-state index in [2.05, 4.69) is 5.32 Å². The maximum atomic E-state index is 13.0. The summed E-state index contributed by atoms with van der Waals surface area (Å²) in [7, 11) is 0. The maximum Gasteiger partial charge on any atom is 0.416 e. The van der Waals surface area contributed by atoms with E-state index >= 15 is 0 Å². The van der Waals surface area contributed by atoms with Crippen molar-refractivity contribution in [3.05, 3.63) is 70.8 Å². The Morgan fingerprint density at radius 1 is 1.05 bits per heavy atom. The molecule has 2 aromatic carbocycles. The second kappa shape index (κ2) is 5.74. The Hall–Kier alpha value is -1.85. The van der Waals surface area contributed by atoms with Gasteiger partial charge in [0.15, 0.2) is 0 Å². The van der Waals surface area contributed by atoms with E-state index in [-0.39, 0.29) is 18.2 Å². The number of hydrogen-bond donors (Lipinski definition) is 2. The molecule has 3 rings (SSSR count). The Balaban J connectivity index is 1.79. The first-order chi connectivity index (χ1) is 10.5. The minimum Gasteiger partial charge on any atom is -0.391 e. The summed E-state index contributed by atoms with van der Waals surface area (Å²) in [6, 6.07) is 12.8. The maximum absolute atomic E-state index is 13.0. The molecule has 0 amide bonds. The standard InChI is InChI=1S/C17H16F3NO/c18-17(19,20)14-8-4-2-6-12(14)10-21-16-13-7-3-1-5-11(13)9-15(16)22/h1-8,15-16,21-22H,9-10H2/t15-,16+/m0/s1. The van der Waals surface area contributed by atoms with Gasteiger partial charge in [0.2, 0.25) is 0 Å². The van der Waals surface area contributed by atoms with Crippen LogP contribution in [0.1, 0.15) is 28.3 Å². The van der Waals surface area contributed by atoms with E-state index in [0.717, 1.165) is 17.2 Å². The molecule has 0 unspecified atom stereocenters. The molecule has 1 aliphatic rings. The van der Waals surface area contributed by atoms with Gasteiger partial charge in [-0.2, -0.15) is 13.2 Å². The highest BCUT2D eigenvalue weighted by atomic mass is 19.4. The fraction of sp³-hybridized carbons (Fsp3) is 0.294.